The molecule has 1 aliphatic rings. The van der Waals surface area contributed by atoms with E-state index >= 15 is 0 Å². The average molecular weight is 458 g/mol. The van der Waals surface area contributed by atoms with Crippen molar-refractivity contribution in [2.75, 3.05) is 12.4 Å². The fourth-order valence-electron chi connectivity index (χ4n) is 4.22. The standard InChI is InChI=1S/C17H25NO2.C10H11ClO/c1-4-13-6-8-14(9-7-13)17(19)18-15-10-5-12(2)16(11-15)20-3;1-3-8-9(7(2)12)5-4-6-10(8)11/h5,10-11,13-14H,4,6-9H2,1-3H3,(H,18,19);4-6H,3H2,1-2H3. The number of halogens is 1. The highest BCUT2D eigenvalue weighted by molar-refractivity contribution is 6.31. The van der Waals surface area contributed by atoms with Gasteiger partial charge in [0.1, 0.15) is 5.75 Å². The fraction of sp³-hybridized carbons (Fsp3) is 0.481. The summed E-state index contributed by atoms with van der Waals surface area (Å²) in [6.45, 7) is 7.79. The maximum Gasteiger partial charge on any atom is 0.227 e. The molecule has 3 rings (SSSR count). The molecular formula is C27H36ClNO3. The summed E-state index contributed by atoms with van der Waals surface area (Å²) in [6, 6.07) is 11.2. The quantitative estimate of drug-likeness (QED) is 0.464. The van der Waals surface area contributed by atoms with Crippen molar-refractivity contribution in [3.05, 3.63) is 58.1 Å². The van der Waals surface area contributed by atoms with Crippen LogP contribution < -0.4 is 10.1 Å². The van der Waals surface area contributed by atoms with Crippen LogP contribution in [0, 0.1) is 18.8 Å². The number of rotatable bonds is 6. The summed E-state index contributed by atoms with van der Waals surface area (Å²) in [5, 5.41) is 3.71. The molecular weight excluding hydrogens is 422 g/mol. The van der Waals surface area contributed by atoms with E-state index in [0.717, 1.165) is 53.3 Å². The van der Waals surface area contributed by atoms with Crippen LogP contribution >= 0.6 is 11.6 Å². The SMILES string of the molecule is CCC1CCC(C(=O)Nc2ccc(C)c(OC)c2)CC1.CCc1c(Cl)cccc1C(C)=O. The van der Waals surface area contributed by atoms with E-state index in [4.69, 9.17) is 16.3 Å². The first-order chi connectivity index (χ1) is 15.3. The van der Waals surface area contributed by atoms with Crippen LogP contribution in [0.15, 0.2) is 36.4 Å². The van der Waals surface area contributed by atoms with Gasteiger partial charge in [-0.05, 0) is 75.1 Å². The number of benzene rings is 2. The largest absolute Gasteiger partial charge is 0.496 e. The van der Waals surface area contributed by atoms with Gasteiger partial charge in [0.15, 0.2) is 5.78 Å². The first-order valence-corrected chi connectivity index (χ1v) is 11.9. The van der Waals surface area contributed by atoms with Crippen molar-refractivity contribution < 1.29 is 14.3 Å². The number of nitrogens with one attached hydrogen (secondary N) is 1. The highest BCUT2D eigenvalue weighted by Crippen LogP contribution is 2.31. The van der Waals surface area contributed by atoms with Gasteiger partial charge in [0, 0.05) is 28.3 Å². The maximum atomic E-state index is 12.3. The Morgan fingerprint density at radius 1 is 1.09 bits per heavy atom. The van der Waals surface area contributed by atoms with Crippen LogP contribution in [0.3, 0.4) is 0 Å². The molecule has 4 nitrogen and oxygen atoms in total. The zero-order valence-electron chi connectivity index (χ0n) is 20.0. The monoisotopic (exact) mass is 457 g/mol. The molecule has 1 N–H and O–H groups in total. The second-order valence-electron chi connectivity index (χ2n) is 8.48. The van der Waals surface area contributed by atoms with Crippen molar-refractivity contribution in [1.29, 1.82) is 0 Å². The number of aryl methyl sites for hydroxylation is 1. The summed E-state index contributed by atoms with van der Waals surface area (Å²) < 4.78 is 5.29. The molecule has 1 fully saturated rings. The Bertz CT molecular complexity index is 917. The number of methoxy groups -OCH3 is 1. The summed E-state index contributed by atoms with van der Waals surface area (Å²) in [6.07, 6.45) is 6.45. The van der Waals surface area contributed by atoms with Crippen LogP contribution in [0.5, 0.6) is 5.75 Å². The van der Waals surface area contributed by atoms with Crippen LogP contribution in [-0.4, -0.2) is 18.8 Å². The molecule has 174 valence electrons. The lowest BCUT2D eigenvalue weighted by Crippen LogP contribution is -2.27. The molecule has 2 aromatic rings. The van der Waals surface area contributed by atoms with Gasteiger partial charge in [-0.2, -0.15) is 0 Å². The molecule has 1 saturated carbocycles. The summed E-state index contributed by atoms with van der Waals surface area (Å²) in [5.74, 6) is 2.04. The molecule has 0 aliphatic heterocycles. The van der Waals surface area contributed by atoms with Crippen molar-refractivity contribution in [2.24, 2.45) is 11.8 Å². The molecule has 5 heteroatoms. The molecule has 0 bridgehead atoms. The topological polar surface area (TPSA) is 55.4 Å². The minimum Gasteiger partial charge on any atom is -0.496 e. The molecule has 0 atom stereocenters. The molecule has 0 radical (unpaired) electrons. The predicted molar refractivity (Wildman–Crippen MR) is 133 cm³/mol. The molecule has 0 saturated heterocycles. The first-order valence-electron chi connectivity index (χ1n) is 11.5. The molecule has 0 heterocycles. The van der Waals surface area contributed by atoms with Gasteiger partial charge in [-0.15, -0.1) is 0 Å². The Hall–Kier alpha value is -2.33. The minimum absolute atomic E-state index is 0.0781. The van der Waals surface area contributed by atoms with Gasteiger partial charge >= 0.3 is 0 Å². The molecule has 2 aromatic carbocycles. The van der Waals surface area contributed by atoms with Crippen molar-refractivity contribution in [3.8, 4) is 5.75 Å². The van der Waals surface area contributed by atoms with Gasteiger partial charge in [0.25, 0.3) is 0 Å². The Labute approximate surface area is 197 Å². The van der Waals surface area contributed by atoms with E-state index in [9.17, 15) is 9.59 Å². The molecule has 0 unspecified atom stereocenters. The molecule has 1 amide bonds. The number of ether oxygens (including phenoxy) is 1. The highest BCUT2D eigenvalue weighted by atomic mass is 35.5. The lowest BCUT2D eigenvalue weighted by atomic mass is 9.80. The Kier molecular flexibility index (Phi) is 10.2. The van der Waals surface area contributed by atoms with E-state index in [1.54, 1.807) is 20.1 Å². The third-order valence-electron chi connectivity index (χ3n) is 6.32. The number of ketones is 1. The van der Waals surface area contributed by atoms with E-state index in [0.29, 0.717) is 5.02 Å². The van der Waals surface area contributed by atoms with Crippen LogP contribution in [0.4, 0.5) is 5.69 Å². The van der Waals surface area contributed by atoms with Crippen LogP contribution in [-0.2, 0) is 11.2 Å². The van der Waals surface area contributed by atoms with Crippen molar-refractivity contribution in [3.63, 3.8) is 0 Å². The average Bonchev–Trinajstić information content (AvgIpc) is 2.80. The van der Waals surface area contributed by atoms with E-state index < -0.39 is 0 Å². The maximum absolute atomic E-state index is 12.3. The molecule has 0 aromatic heterocycles. The Morgan fingerprint density at radius 2 is 1.78 bits per heavy atom. The number of anilines is 1. The highest BCUT2D eigenvalue weighted by Gasteiger charge is 2.25. The number of Topliss-reactive ketones (excluding diaryl/α,β-unsaturated/α-hetero) is 1. The third-order valence-corrected chi connectivity index (χ3v) is 6.68. The van der Waals surface area contributed by atoms with Gasteiger partial charge in [-0.1, -0.05) is 50.1 Å². The Morgan fingerprint density at radius 3 is 2.31 bits per heavy atom. The second kappa shape index (κ2) is 12.6. The first kappa shape index (κ1) is 25.9. The number of carbonyl (C=O) groups excluding carboxylic acids is 2. The van der Waals surface area contributed by atoms with Crippen LogP contribution in [0.1, 0.15) is 74.4 Å². The van der Waals surface area contributed by atoms with E-state index in [1.807, 2.05) is 44.2 Å². The van der Waals surface area contributed by atoms with Gasteiger partial charge in [-0.3, -0.25) is 9.59 Å². The fourth-order valence-corrected chi connectivity index (χ4v) is 4.53. The van der Waals surface area contributed by atoms with Crippen molar-refractivity contribution in [1.82, 2.24) is 0 Å². The summed E-state index contributed by atoms with van der Waals surface area (Å²) in [4.78, 5) is 23.4. The third kappa shape index (κ3) is 7.09. The number of carbonyl (C=O) groups is 2. The molecule has 1 aliphatic carbocycles. The zero-order valence-corrected chi connectivity index (χ0v) is 20.7. The summed E-state index contributed by atoms with van der Waals surface area (Å²) in [5.41, 5.74) is 3.60. The second-order valence-corrected chi connectivity index (χ2v) is 8.88. The number of hydrogen-bond acceptors (Lipinski definition) is 3. The lowest BCUT2D eigenvalue weighted by molar-refractivity contribution is -0.121. The number of amides is 1. The lowest BCUT2D eigenvalue weighted by Gasteiger charge is -2.27. The minimum atomic E-state index is 0.0781. The van der Waals surface area contributed by atoms with E-state index in [-0.39, 0.29) is 17.6 Å². The van der Waals surface area contributed by atoms with Gasteiger partial charge in [0.05, 0.1) is 7.11 Å². The van der Waals surface area contributed by atoms with E-state index in [1.165, 1.54) is 19.3 Å². The normalized spacial score (nSPS) is 17.7. The Balaban J connectivity index is 0.000000258. The summed E-state index contributed by atoms with van der Waals surface area (Å²) >= 11 is 5.92. The van der Waals surface area contributed by atoms with Gasteiger partial charge in [-0.25, -0.2) is 0 Å². The summed E-state index contributed by atoms with van der Waals surface area (Å²) in [7, 11) is 1.65. The van der Waals surface area contributed by atoms with E-state index in [2.05, 4.69) is 12.2 Å². The number of hydrogen-bond donors (Lipinski definition) is 1. The van der Waals surface area contributed by atoms with Crippen molar-refractivity contribution in [2.45, 2.75) is 66.2 Å². The smallest absolute Gasteiger partial charge is 0.227 e. The van der Waals surface area contributed by atoms with Crippen LogP contribution in [0.2, 0.25) is 5.02 Å². The molecule has 32 heavy (non-hydrogen) atoms. The van der Waals surface area contributed by atoms with Gasteiger partial charge in [0.2, 0.25) is 5.91 Å². The zero-order chi connectivity index (χ0) is 23.7. The predicted octanol–water partition coefficient (Wildman–Crippen LogP) is 7.26. The van der Waals surface area contributed by atoms with Crippen molar-refractivity contribution >= 4 is 29.0 Å². The molecule has 0 spiro atoms. The van der Waals surface area contributed by atoms with Crippen LogP contribution in [0.25, 0.3) is 0 Å². The van der Waals surface area contributed by atoms with Gasteiger partial charge < -0.3 is 10.1 Å².